The van der Waals surface area contributed by atoms with E-state index in [1.165, 1.54) is 10.9 Å². The number of aromatic nitrogens is 2. The average molecular weight is 271 g/mol. The molecule has 5 nitrogen and oxygen atoms in total. The highest BCUT2D eigenvalue weighted by Gasteiger charge is 2.11. The van der Waals surface area contributed by atoms with Crippen LogP contribution in [0, 0.1) is 5.92 Å². The van der Waals surface area contributed by atoms with Crippen molar-refractivity contribution in [3.63, 3.8) is 0 Å². The van der Waals surface area contributed by atoms with E-state index in [9.17, 15) is 4.79 Å². The first-order valence-electron chi connectivity index (χ1n) is 5.83. The van der Waals surface area contributed by atoms with E-state index < -0.39 is 0 Å². The Morgan fingerprint density at radius 3 is 2.89 bits per heavy atom. The van der Waals surface area contributed by atoms with E-state index in [4.69, 9.17) is 17.3 Å². The first kappa shape index (κ1) is 14.7. The molecular formula is C12H19ClN4O. The molecule has 0 radical (unpaired) electrons. The molecule has 0 aliphatic rings. The Morgan fingerprint density at radius 2 is 2.33 bits per heavy atom. The van der Waals surface area contributed by atoms with Crippen molar-refractivity contribution in [3.05, 3.63) is 34.2 Å². The van der Waals surface area contributed by atoms with Crippen LogP contribution in [0.2, 0.25) is 5.02 Å². The molecule has 1 heterocycles. The van der Waals surface area contributed by atoms with Crippen LogP contribution in [0.15, 0.2) is 23.6 Å². The smallest absolute Gasteiger partial charge is 0.287 e. The topological polar surface area (TPSA) is 72.9 Å². The standard InChI is InChI=1S/C12H19ClN4O/c1-4-5-17-12(18)11(13)10(7-16-17)15-6-9(14)8(2)3/h4,7-9,15H,1,5-6,14H2,2-3H3. The number of halogens is 1. The van der Waals surface area contributed by atoms with Crippen molar-refractivity contribution >= 4 is 17.3 Å². The van der Waals surface area contributed by atoms with Crippen molar-refractivity contribution in [3.8, 4) is 0 Å². The fourth-order valence-electron chi connectivity index (χ4n) is 1.30. The number of hydrogen-bond acceptors (Lipinski definition) is 4. The van der Waals surface area contributed by atoms with Crippen LogP contribution >= 0.6 is 11.6 Å². The van der Waals surface area contributed by atoms with Crippen molar-refractivity contribution < 1.29 is 0 Å². The third-order valence-corrected chi connectivity index (χ3v) is 3.04. The molecule has 0 aliphatic heterocycles. The highest BCUT2D eigenvalue weighted by Crippen LogP contribution is 2.15. The minimum absolute atomic E-state index is 0.00308. The number of anilines is 1. The lowest BCUT2D eigenvalue weighted by Crippen LogP contribution is -2.34. The predicted octanol–water partition coefficient (Wildman–Crippen LogP) is 1.48. The number of rotatable bonds is 6. The van der Waals surface area contributed by atoms with E-state index >= 15 is 0 Å². The molecule has 1 aromatic heterocycles. The van der Waals surface area contributed by atoms with E-state index in [-0.39, 0.29) is 16.6 Å². The summed E-state index contributed by atoms with van der Waals surface area (Å²) >= 11 is 5.99. The monoisotopic (exact) mass is 270 g/mol. The van der Waals surface area contributed by atoms with Gasteiger partial charge >= 0.3 is 0 Å². The quantitative estimate of drug-likeness (QED) is 0.768. The minimum atomic E-state index is -0.334. The molecule has 0 saturated carbocycles. The van der Waals surface area contributed by atoms with Gasteiger partial charge in [-0.1, -0.05) is 31.5 Å². The predicted molar refractivity (Wildman–Crippen MR) is 75.0 cm³/mol. The molecule has 3 N–H and O–H groups in total. The van der Waals surface area contributed by atoms with E-state index in [1.54, 1.807) is 6.08 Å². The second-order valence-corrected chi connectivity index (χ2v) is 4.81. The van der Waals surface area contributed by atoms with Crippen molar-refractivity contribution in [1.29, 1.82) is 0 Å². The number of allylic oxidation sites excluding steroid dienone is 1. The number of hydrogen-bond donors (Lipinski definition) is 2. The summed E-state index contributed by atoms with van der Waals surface area (Å²) in [7, 11) is 0. The Bertz CT molecular complexity index is 470. The Labute approximate surface area is 112 Å². The van der Waals surface area contributed by atoms with Gasteiger partial charge in [0.1, 0.15) is 5.02 Å². The highest BCUT2D eigenvalue weighted by atomic mass is 35.5. The molecule has 0 aliphatic carbocycles. The summed E-state index contributed by atoms with van der Waals surface area (Å²) < 4.78 is 1.25. The molecule has 0 spiro atoms. The summed E-state index contributed by atoms with van der Waals surface area (Å²) in [6, 6.07) is -0.00308. The summed E-state index contributed by atoms with van der Waals surface area (Å²) in [6.07, 6.45) is 3.12. The van der Waals surface area contributed by atoms with Crippen molar-refractivity contribution in [2.24, 2.45) is 11.7 Å². The van der Waals surface area contributed by atoms with Crippen LogP contribution in [0.4, 0.5) is 5.69 Å². The van der Waals surface area contributed by atoms with E-state index in [0.717, 1.165) is 0 Å². The second kappa shape index (κ2) is 6.56. The average Bonchev–Trinajstić information content (AvgIpc) is 2.33. The maximum absolute atomic E-state index is 11.8. The van der Waals surface area contributed by atoms with Gasteiger partial charge in [0.2, 0.25) is 0 Å². The minimum Gasteiger partial charge on any atom is -0.381 e. The Balaban J connectivity index is 2.82. The maximum Gasteiger partial charge on any atom is 0.287 e. The molecule has 1 rings (SSSR count). The third-order valence-electron chi connectivity index (χ3n) is 2.67. The zero-order valence-corrected chi connectivity index (χ0v) is 11.4. The van der Waals surface area contributed by atoms with E-state index in [2.05, 4.69) is 17.0 Å². The van der Waals surface area contributed by atoms with Gasteiger partial charge in [0.05, 0.1) is 18.4 Å². The first-order chi connectivity index (χ1) is 8.47. The van der Waals surface area contributed by atoms with Gasteiger partial charge in [-0.3, -0.25) is 4.79 Å². The summed E-state index contributed by atoms with van der Waals surface area (Å²) in [5, 5.41) is 7.17. The van der Waals surface area contributed by atoms with Gasteiger partial charge in [-0.15, -0.1) is 6.58 Å². The Morgan fingerprint density at radius 1 is 1.67 bits per heavy atom. The van der Waals surface area contributed by atoms with E-state index in [0.29, 0.717) is 24.7 Å². The lowest BCUT2D eigenvalue weighted by Gasteiger charge is -2.17. The highest BCUT2D eigenvalue weighted by molar-refractivity contribution is 6.32. The normalized spacial score (nSPS) is 12.5. The van der Waals surface area contributed by atoms with Crippen LogP contribution in [0.25, 0.3) is 0 Å². The second-order valence-electron chi connectivity index (χ2n) is 4.44. The zero-order chi connectivity index (χ0) is 13.7. The zero-order valence-electron chi connectivity index (χ0n) is 10.7. The van der Waals surface area contributed by atoms with Gasteiger partial charge in [-0.2, -0.15) is 5.10 Å². The van der Waals surface area contributed by atoms with Crippen LogP contribution in [0.3, 0.4) is 0 Å². The van der Waals surface area contributed by atoms with Crippen LogP contribution < -0.4 is 16.6 Å². The number of nitrogens with zero attached hydrogens (tertiary/aromatic N) is 2. The van der Waals surface area contributed by atoms with Gasteiger partial charge in [0.25, 0.3) is 5.56 Å². The van der Waals surface area contributed by atoms with Gasteiger partial charge in [0.15, 0.2) is 0 Å². The third kappa shape index (κ3) is 3.58. The van der Waals surface area contributed by atoms with Gasteiger partial charge < -0.3 is 11.1 Å². The first-order valence-corrected chi connectivity index (χ1v) is 6.21. The summed E-state index contributed by atoms with van der Waals surface area (Å²) in [4.78, 5) is 11.8. The summed E-state index contributed by atoms with van der Waals surface area (Å²) in [5.41, 5.74) is 6.09. The summed E-state index contributed by atoms with van der Waals surface area (Å²) in [6.45, 7) is 8.51. The Hall–Kier alpha value is -1.33. The number of nitrogens with one attached hydrogen (secondary N) is 1. The molecule has 1 atom stereocenters. The van der Waals surface area contributed by atoms with Gasteiger partial charge in [-0.25, -0.2) is 4.68 Å². The molecule has 0 saturated heterocycles. The van der Waals surface area contributed by atoms with Crippen LogP contribution in [0.5, 0.6) is 0 Å². The van der Waals surface area contributed by atoms with Crippen LogP contribution in [-0.2, 0) is 6.54 Å². The molecule has 18 heavy (non-hydrogen) atoms. The fraction of sp³-hybridized carbons (Fsp3) is 0.500. The molecule has 0 fully saturated rings. The largest absolute Gasteiger partial charge is 0.381 e. The molecule has 0 bridgehead atoms. The molecule has 6 heteroatoms. The SMILES string of the molecule is C=CCn1ncc(NCC(N)C(C)C)c(Cl)c1=O. The van der Waals surface area contributed by atoms with Crippen molar-refractivity contribution in [2.75, 3.05) is 11.9 Å². The summed E-state index contributed by atoms with van der Waals surface area (Å²) in [5.74, 6) is 0.352. The lowest BCUT2D eigenvalue weighted by molar-refractivity contribution is 0.511. The molecule has 0 amide bonds. The maximum atomic E-state index is 11.8. The van der Waals surface area contributed by atoms with Crippen molar-refractivity contribution in [2.45, 2.75) is 26.4 Å². The van der Waals surface area contributed by atoms with Crippen LogP contribution in [-0.4, -0.2) is 22.4 Å². The lowest BCUT2D eigenvalue weighted by atomic mass is 10.1. The Kier molecular flexibility index (Phi) is 5.37. The molecule has 100 valence electrons. The molecule has 0 aromatic carbocycles. The molecular weight excluding hydrogens is 252 g/mol. The van der Waals surface area contributed by atoms with Gasteiger partial charge in [0, 0.05) is 12.6 Å². The van der Waals surface area contributed by atoms with E-state index in [1.807, 2.05) is 13.8 Å². The van der Waals surface area contributed by atoms with Gasteiger partial charge in [-0.05, 0) is 5.92 Å². The fourth-order valence-corrected chi connectivity index (χ4v) is 1.52. The van der Waals surface area contributed by atoms with Crippen molar-refractivity contribution in [1.82, 2.24) is 9.78 Å². The van der Waals surface area contributed by atoms with Crippen LogP contribution in [0.1, 0.15) is 13.8 Å². The molecule has 1 unspecified atom stereocenters. The number of nitrogens with two attached hydrogens (primary N) is 1. The molecule has 1 aromatic rings.